The first-order valence-corrected chi connectivity index (χ1v) is 9.57. The second-order valence-electron chi connectivity index (χ2n) is 6.72. The highest BCUT2D eigenvalue weighted by atomic mass is 32.1. The van der Waals surface area contributed by atoms with Crippen LogP contribution < -0.4 is 5.32 Å². The summed E-state index contributed by atoms with van der Waals surface area (Å²) in [6.07, 6.45) is 0. The summed E-state index contributed by atoms with van der Waals surface area (Å²) in [4.78, 5) is 4.53. The first kappa shape index (κ1) is 18.2. The van der Waals surface area contributed by atoms with Gasteiger partial charge in [0.15, 0.2) is 11.5 Å². The summed E-state index contributed by atoms with van der Waals surface area (Å²) in [6, 6.07) is 11.1. The number of benzene rings is 2. The number of aryl methyl sites for hydroxylation is 3. The van der Waals surface area contributed by atoms with E-state index >= 15 is 0 Å². The fourth-order valence-electron chi connectivity index (χ4n) is 2.81. The number of nitrogens with zero attached hydrogens (tertiary/aromatic N) is 5. The van der Waals surface area contributed by atoms with E-state index in [1.165, 1.54) is 28.7 Å². The van der Waals surface area contributed by atoms with E-state index in [9.17, 15) is 4.39 Å². The molecule has 1 N–H and O–H groups in total. The lowest BCUT2D eigenvalue weighted by molar-refractivity contribution is 0.615. The highest BCUT2D eigenvalue weighted by Gasteiger charge is 2.17. The SMILES string of the molecule is Cc1ccc(Nc2nc(-c3nnn(-c4ccc(C)c(F)c4)c3C)ns2)cc1C. The third-order valence-electron chi connectivity index (χ3n) is 4.69. The molecular formula is C20H19FN6S. The first-order valence-electron chi connectivity index (χ1n) is 8.79. The van der Waals surface area contributed by atoms with Crippen molar-refractivity contribution in [3.05, 3.63) is 64.6 Å². The molecule has 0 amide bonds. The maximum absolute atomic E-state index is 13.9. The van der Waals surface area contributed by atoms with Crippen molar-refractivity contribution >= 4 is 22.4 Å². The van der Waals surface area contributed by atoms with Gasteiger partial charge in [-0.05, 0) is 68.7 Å². The van der Waals surface area contributed by atoms with Crippen LogP contribution in [0.1, 0.15) is 22.4 Å². The van der Waals surface area contributed by atoms with Crippen molar-refractivity contribution in [3.8, 4) is 17.2 Å². The normalized spacial score (nSPS) is 11.0. The van der Waals surface area contributed by atoms with Crippen molar-refractivity contribution in [1.82, 2.24) is 24.4 Å². The van der Waals surface area contributed by atoms with E-state index in [1.54, 1.807) is 17.7 Å². The monoisotopic (exact) mass is 394 g/mol. The molecule has 2 heterocycles. The van der Waals surface area contributed by atoms with E-state index in [0.29, 0.717) is 27.9 Å². The van der Waals surface area contributed by atoms with Gasteiger partial charge in [-0.1, -0.05) is 17.3 Å². The molecule has 28 heavy (non-hydrogen) atoms. The third-order valence-corrected chi connectivity index (χ3v) is 5.32. The van der Waals surface area contributed by atoms with Gasteiger partial charge in [0.1, 0.15) is 5.82 Å². The average molecular weight is 394 g/mol. The van der Waals surface area contributed by atoms with Crippen molar-refractivity contribution < 1.29 is 4.39 Å². The van der Waals surface area contributed by atoms with Gasteiger partial charge in [-0.15, -0.1) is 5.10 Å². The van der Waals surface area contributed by atoms with Gasteiger partial charge in [0.2, 0.25) is 5.13 Å². The summed E-state index contributed by atoms with van der Waals surface area (Å²) in [5, 5.41) is 12.3. The molecule has 0 radical (unpaired) electrons. The molecule has 0 bridgehead atoms. The molecule has 0 aliphatic heterocycles. The zero-order valence-electron chi connectivity index (χ0n) is 16.0. The fraction of sp³-hybridized carbons (Fsp3) is 0.200. The van der Waals surface area contributed by atoms with Crippen molar-refractivity contribution in [3.63, 3.8) is 0 Å². The average Bonchev–Trinajstić information content (AvgIpc) is 3.27. The number of hydrogen-bond acceptors (Lipinski definition) is 6. The van der Waals surface area contributed by atoms with E-state index in [-0.39, 0.29) is 5.82 Å². The molecular weight excluding hydrogens is 375 g/mol. The lowest BCUT2D eigenvalue weighted by Crippen LogP contribution is -2.00. The van der Waals surface area contributed by atoms with Gasteiger partial charge in [0.05, 0.1) is 11.4 Å². The highest BCUT2D eigenvalue weighted by molar-refractivity contribution is 7.09. The van der Waals surface area contributed by atoms with Crippen molar-refractivity contribution in [2.75, 3.05) is 5.32 Å². The summed E-state index contributed by atoms with van der Waals surface area (Å²) >= 11 is 1.26. The Morgan fingerprint density at radius 2 is 1.75 bits per heavy atom. The number of hydrogen-bond donors (Lipinski definition) is 1. The summed E-state index contributed by atoms with van der Waals surface area (Å²) in [5.74, 6) is 0.216. The Bertz CT molecular complexity index is 1160. The molecule has 0 fully saturated rings. The standard InChI is InChI=1S/C20H19FN6S/c1-11-5-7-15(9-13(11)3)22-20-23-19(25-28-20)18-14(4)27(26-24-18)16-8-6-12(2)17(21)10-16/h5-10H,1-4H3,(H,22,23,25). The summed E-state index contributed by atoms with van der Waals surface area (Å²) in [6.45, 7) is 7.74. The van der Waals surface area contributed by atoms with Gasteiger partial charge in [-0.25, -0.2) is 9.07 Å². The maximum atomic E-state index is 13.9. The van der Waals surface area contributed by atoms with Crippen LogP contribution in [0, 0.1) is 33.5 Å². The Labute approximate surface area is 166 Å². The Balaban J connectivity index is 1.61. The molecule has 4 aromatic rings. The molecule has 8 heteroatoms. The lowest BCUT2D eigenvalue weighted by atomic mass is 10.1. The smallest absolute Gasteiger partial charge is 0.207 e. The van der Waals surface area contributed by atoms with Crippen LogP contribution in [0.5, 0.6) is 0 Å². The van der Waals surface area contributed by atoms with E-state index in [0.717, 1.165) is 11.4 Å². The van der Waals surface area contributed by atoms with Gasteiger partial charge >= 0.3 is 0 Å². The minimum Gasteiger partial charge on any atom is -0.330 e. The fourth-order valence-corrected chi connectivity index (χ4v) is 3.40. The Morgan fingerprint density at radius 3 is 2.50 bits per heavy atom. The van der Waals surface area contributed by atoms with Gasteiger partial charge in [0, 0.05) is 17.2 Å². The highest BCUT2D eigenvalue weighted by Crippen LogP contribution is 2.26. The van der Waals surface area contributed by atoms with Crippen LogP contribution in [0.4, 0.5) is 15.2 Å². The minimum absolute atomic E-state index is 0.277. The molecule has 0 aliphatic rings. The van der Waals surface area contributed by atoms with E-state index in [1.807, 2.05) is 19.1 Å². The molecule has 0 spiro atoms. The van der Waals surface area contributed by atoms with Gasteiger partial charge in [-0.2, -0.15) is 9.36 Å². The second kappa shape index (κ2) is 7.12. The zero-order valence-corrected chi connectivity index (χ0v) is 16.8. The molecule has 0 aliphatic carbocycles. The van der Waals surface area contributed by atoms with E-state index < -0.39 is 0 Å². The first-order chi connectivity index (χ1) is 13.4. The number of rotatable bonds is 4. The van der Waals surface area contributed by atoms with Crippen LogP contribution in [0.15, 0.2) is 36.4 Å². The van der Waals surface area contributed by atoms with Crippen LogP contribution in [-0.2, 0) is 0 Å². The third kappa shape index (κ3) is 3.38. The Kier molecular flexibility index (Phi) is 4.64. The topological polar surface area (TPSA) is 68.5 Å². The summed E-state index contributed by atoms with van der Waals surface area (Å²) in [5.41, 5.74) is 5.93. The number of anilines is 2. The van der Waals surface area contributed by atoms with Gasteiger partial charge in [-0.3, -0.25) is 0 Å². The molecule has 2 aromatic carbocycles. The summed E-state index contributed by atoms with van der Waals surface area (Å²) < 4.78 is 19.9. The van der Waals surface area contributed by atoms with Crippen LogP contribution in [0.2, 0.25) is 0 Å². The molecule has 0 saturated carbocycles. The maximum Gasteiger partial charge on any atom is 0.207 e. The Hall–Kier alpha value is -3.13. The molecule has 0 saturated heterocycles. The lowest BCUT2D eigenvalue weighted by Gasteiger charge is -2.05. The van der Waals surface area contributed by atoms with Crippen molar-refractivity contribution in [2.45, 2.75) is 27.7 Å². The predicted octanol–water partition coefficient (Wildman–Crippen LogP) is 4.90. The van der Waals surface area contributed by atoms with E-state index in [2.05, 4.69) is 51.0 Å². The Morgan fingerprint density at radius 1 is 0.964 bits per heavy atom. The second-order valence-corrected chi connectivity index (χ2v) is 7.47. The number of nitrogens with one attached hydrogen (secondary N) is 1. The molecule has 6 nitrogen and oxygen atoms in total. The van der Waals surface area contributed by atoms with Crippen LogP contribution in [0.3, 0.4) is 0 Å². The van der Waals surface area contributed by atoms with Crippen molar-refractivity contribution in [2.24, 2.45) is 0 Å². The quantitative estimate of drug-likeness (QED) is 0.533. The minimum atomic E-state index is -0.277. The molecule has 0 unspecified atom stereocenters. The molecule has 4 rings (SSSR count). The van der Waals surface area contributed by atoms with Crippen LogP contribution in [-0.4, -0.2) is 24.4 Å². The van der Waals surface area contributed by atoms with Crippen LogP contribution in [0.25, 0.3) is 17.2 Å². The van der Waals surface area contributed by atoms with E-state index in [4.69, 9.17) is 0 Å². The molecule has 2 aromatic heterocycles. The van der Waals surface area contributed by atoms with Crippen LogP contribution >= 0.6 is 11.5 Å². The predicted molar refractivity (Wildman–Crippen MR) is 109 cm³/mol. The zero-order chi connectivity index (χ0) is 19.8. The number of aromatic nitrogens is 5. The van der Waals surface area contributed by atoms with Crippen molar-refractivity contribution in [1.29, 1.82) is 0 Å². The molecule has 0 atom stereocenters. The largest absolute Gasteiger partial charge is 0.330 e. The number of halogens is 1. The molecule has 142 valence electrons. The summed E-state index contributed by atoms with van der Waals surface area (Å²) in [7, 11) is 0. The van der Waals surface area contributed by atoms with Gasteiger partial charge < -0.3 is 5.32 Å². The van der Waals surface area contributed by atoms with Gasteiger partial charge in [0.25, 0.3) is 0 Å².